The van der Waals surface area contributed by atoms with Crippen molar-refractivity contribution < 1.29 is 23.9 Å². The average molecular weight is 519 g/mol. The second-order valence-electron chi connectivity index (χ2n) is 9.96. The van der Waals surface area contributed by atoms with Crippen LogP contribution in [0.3, 0.4) is 0 Å². The van der Waals surface area contributed by atoms with Gasteiger partial charge in [0.1, 0.15) is 18.9 Å². The SMILES string of the molecule is O=C1CN2Cc3cc(OCCCCC(=O)N(CCOC(=O)c4ccccc4)C4CCCC4)ccc3N=C2N1. The molecule has 5 rings (SSSR count). The van der Waals surface area contributed by atoms with E-state index >= 15 is 0 Å². The summed E-state index contributed by atoms with van der Waals surface area (Å²) in [7, 11) is 0. The summed E-state index contributed by atoms with van der Waals surface area (Å²) in [5, 5.41) is 2.77. The van der Waals surface area contributed by atoms with Gasteiger partial charge < -0.3 is 19.3 Å². The first kappa shape index (κ1) is 25.8. The standard InChI is InChI=1S/C29H34N4O5/c34-26-20-32-19-22-18-24(13-14-25(22)30-29(32)31-26)37-16-7-6-12-27(35)33(23-10-4-5-11-23)15-17-38-28(36)21-8-2-1-3-9-21/h1-3,8-9,13-14,18,23H,4-7,10-12,15-17,19-20H2,(H,30,31,34). The molecule has 1 saturated heterocycles. The minimum absolute atomic E-state index is 0.0396. The third kappa shape index (κ3) is 6.33. The number of carbonyl (C=O) groups excluding carboxylic acids is 3. The number of aliphatic imine (C=N–C) groups is 1. The second-order valence-corrected chi connectivity index (χ2v) is 9.96. The molecule has 1 saturated carbocycles. The van der Waals surface area contributed by atoms with Gasteiger partial charge in [0.05, 0.1) is 24.4 Å². The lowest BCUT2D eigenvalue weighted by atomic mass is 10.1. The van der Waals surface area contributed by atoms with Gasteiger partial charge in [0.2, 0.25) is 17.8 Å². The molecule has 2 fully saturated rings. The number of guanidine groups is 1. The van der Waals surface area contributed by atoms with Crippen molar-refractivity contribution in [2.75, 3.05) is 26.3 Å². The minimum atomic E-state index is -0.360. The van der Waals surface area contributed by atoms with Crippen LogP contribution >= 0.6 is 0 Å². The lowest BCUT2D eigenvalue weighted by Gasteiger charge is -2.29. The van der Waals surface area contributed by atoms with E-state index in [1.54, 1.807) is 24.3 Å². The fourth-order valence-corrected chi connectivity index (χ4v) is 5.26. The van der Waals surface area contributed by atoms with Crippen molar-refractivity contribution in [2.45, 2.75) is 57.5 Å². The topological polar surface area (TPSA) is 101 Å². The largest absolute Gasteiger partial charge is 0.494 e. The molecule has 38 heavy (non-hydrogen) atoms. The number of carbonyl (C=O) groups is 3. The van der Waals surface area contributed by atoms with Crippen LogP contribution in [0.2, 0.25) is 0 Å². The van der Waals surface area contributed by atoms with Gasteiger partial charge in [0.25, 0.3) is 0 Å². The van der Waals surface area contributed by atoms with Crippen LogP contribution < -0.4 is 10.1 Å². The van der Waals surface area contributed by atoms with Crippen LogP contribution in [0.15, 0.2) is 53.5 Å². The Morgan fingerprint density at radius 3 is 2.66 bits per heavy atom. The molecule has 2 amide bonds. The van der Waals surface area contributed by atoms with E-state index in [0.29, 0.717) is 44.2 Å². The van der Waals surface area contributed by atoms with Crippen LogP contribution in [0.1, 0.15) is 60.9 Å². The van der Waals surface area contributed by atoms with Crippen molar-refractivity contribution in [3.8, 4) is 5.75 Å². The maximum absolute atomic E-state index is 13.1. The van der Waals surface area contributed by atoms with Crippen molar-refractivity contribution in [1.82, 2.24) is 15.1 Å². The van der Waals surface area contributed by atoms with Gasteiger partial charge in [-0.2, -0.15) is 0 Å². The Morgan fingerprint density at radius 1 is 1.03 bits per heavy atom. The summed E-state index contributed by atoms with van der Waals surface area (Å²) < 4.78 is 11.4. The van der Waals surface area contributed by atoms with Crippen LogP contribution in [-0.2, 0) is 20.9 Å². The quantitative estimate of drug-likeness (QED) is 0.359. The smallest absolute Gasteiger partial charge is 0.338 e. The predicted octanol–water partition coefficient (Wildman–Crippen LogP) is 3.80. The van der Waals surface area contributed by atoms with Gasteiger partial charge in [0.15, 0.2) is 0 Å². The molecule has 2 aromatic carbocycles. The summed E-state index contributed by atoms with van der Waals surface area (Å²) in [5.41, 5.74) is 2.39. The van der Waals surface area contributed by atoms with Gasteiger partial charge in [-0.1, -0.05) is 31.0 Å². The van der Waals surface area contributed by atoms with Crippen LogP contribution in [0.25, 0.3) is 0 Å². The molecule has 0 bridgehead atoms. The molecule has 1 aliphatic carbocycles. The molecule has 9 heteroatoms. The molecule has 0 aromatic heterocycles. The summed E-state index contributed by atoms with van der Waals surface area (Å²) >= 11 is 0. The molecule has 1 N–H and O–H groups in total. The van der Waals surface area contributed by atoms with Gasteiger partial charge >= 0.3 is 5.97 Å². The Labute approximate surface area is 222 Å². The van der Waals surface area contributed by atoms with Crippen molar-refractivity contribution in [1.29, 1.82) is 0 Å². The summed E-state index contributed by atoms with van der Waals surface area (Å²) in [4.78, 5) is 45.3. The predicted molar refractivity (Wildman–Crippen MR) is 142 cm³/mol. The van der Waals surface area contributed by atoms with E-state index in [1.807, 2.05) is 34.1 Å². The maximum Gasteiger partial charge on any atom is 0.338 e. The average Bonchev–Trinajstić information content (AvgIpc) is 3.58. The molecule has 0 spiro atoms. The Bertz CT molecular complexity index is 1190. The zero-order chi connectivity index (χ0) is 26.3. The van der Waals surface area contributed by atoms with E-state index in [0.717, 1.165) is 55.5 Å². The summed E-state index contributed by atoms with van der Waals surface area (Å²) in [6, 6.07) is 14.9. The van der Waals surface area contributed by atoms with Gasteiger partial charge in [-0.05, 0) is 56.0 Å². The molecule has 200 valence electrons. The highest BCUT2D eigenvalue weighted by atomic mass is 16.5. The third-order valence-electron chi connectivity index (χ3n) is 7.24. The highest BCUT2D eigenvalue weighted by molar-refractivity contribution is 6.05. The van der Waals surface area contributed by atoms with Crippen molar-refractivity contribution >= 4 is 29.4 Å². The number of rotatable bonds is 11. The second kappa shape index (κ2) is 12.1. The summed E-state index contributed by atoms with van der Waals surface area (Å²) in [5.74, 6) is 1.09. The van der Waals surface area contributed by atoms with E-state index in [1.165, 1.54) is 0 Å². The number of amides is 2. The molecule has 0 radical (unpaired) electrons. The summed E-state index contributed by atoms with van der Waals surface area (Å²) in [6.45, 7) is 2.09. The fraction of sp³-hybridized carbons (Fsp3) is 0.448. The zero-order valence-electron chi connectivity index (χ0n) is 21.6. The van der Waals surface area contributed by atoms with E-state index in [2.05, 4.69) is 10.3 Å². The van der Waals surface area contributed by atoms with Gasteiger partial charge in [0, 0.05) is 24.6 Å². The van der Waals surface area contributed by atoms with Crippen LogP contribution in [-0.4, -0.2) is 65.9 Å². The molecular weight excluding hydrogens is 484 g/mol. The van der Waals surface area contributed by atoms with Crippen LogP contribution in [0.5, 0.6) is 5.75 Å². The van der Waals surface area contributed by atoms with Gasteiger partial charge in [-0.15, -0.1) is 0 Å². The van der Waals surface area contributed by atoms with E-state index in [9.17, 15) is 14.4 Å². The van der Waals surface area contributed by atoms with Crippen molar-refractivity contribution in [3.63, 3.8) is 0 Å². The molecule has 9 nitrogen and oxygen atoms in total. The van der Waals surface area contributed by atoms with E-state index in [4.69, 9.17) is 9.47 Å². The zero-order valence-corrected chi connectivity index (χ0v) is 21.6. The Balaban J connectivity index is 1.05. The first-order chi connectivity index (χ1) is 18.6. The molecule has 0 atom stereocenters. The fourth-order valence-electron chi connectivity index (χ4n) is 5.26. The van der Waals surface area contributed by atoms with Gasteiger partial charge in [-0.3, -0.25) is 14.9 Å². The number of ether oxygens (including phenoxy) is 2. The number of benzene rings is 2. The van der Waals surface area contributed by atoms with Crippen molar-refractivity contribution in [3.05, 3.63) is 59.7 Å². The van der Waals surface area contributed by atoms with E-state index in [-0.39, 0.29) is 30.4 Å². The minimum Gasteiger partial charge on any atom is -0.494 e. The van der Waals surface area contributed by atoms with E-state index < -0.39 is 0 Å². The molecule has 0 unspecified atom stereocenters. The Hall–Kier alpha value is -3.88. The number of esters is 1. The highest BCUT2D eigenvalue weighted by Gasteiger charge is 2.29. The molecule has 2 aliphatic heterocycles. The third-order valence-corrected chi connectivity index (χ3v) is 7.24. The van der Waals surface area contributed by atoms with Crippen LogP contribution in [0, 0.1) is 0 Å². The maximum atomic E-state index is 13.1. The normalized spacial score (nSPS) is 16.4. The molecule has 2 heterocycles. The number of hydrogen-bond donors (Lipinski definition) is 1. The molecule has 2 aromatic rings. The van der Waals surface area contributed by atoms with Gasteiger partial charge in [-0.25, -0.2) is 9.79 Å². The molecular formula is C29H34N4O5. The number of nitrogens with zero attached hydrogens (tertiary/aromatic N) is 3. The number of hydrogen-bond acceptors (Lipinski definition) is 7. The Kier molecular flexibility index (Phi) is 8.21. The number of unbranched alkanes of at least 4 members (excludes halogenated alkanes) is 1. The van der Waals surface area contributed by atoms with Crippen LogP contribution in [0.4, 0.5) is 5.69 Å². The first-order valence-corrected chi connectivity index (χ1v) is 13.5. The highest BCUT2D eigenvalue weighted by Crippen LogP contribution is 2.30. The van der Waals surface area contributed by atoms with Crippen molar-refractivity contribution in [2.24, 2.45) is 4.99 Å². The first-order valence-electron chi connectivity index (χ1n) is 13.5. The Morgan fingerprint density at radius 2 is 1.84 bits per heavy atom. The monoisotopic (exact) mass is 518 g/mol. The lowest BCUT2D eigenvalue weighted by molar-refractivity contribution is -0.134. The number of fused-ring (bicyclic) bond motifs is 2. The number of nitrogens with one attached hydrogen (secondary N) is 1. The lowest BCUT2D eigenvalue weighted by Crippen LogP contribution is -2.41. The molecule has 3 aliphatic rings. The summed E-state index contributed by atoms with van der Waals surface area (Å²) in [6.07, 6.45) is 6.21.